The molecule has 4 aromatic rings. The smallest absolute Gasteiger partial charge is 0.252 e. The fourth-order valence-electron chi connectivity index (χ4n) is 9.24. The van der Waals surface area contributed by atoms with Gasteiger partial charge in [-0.25, -0.2) is 0 Å². The molecule has 0 radical (unpaired) electrons. The summed E-state index contributed by atoms with van der Waals surface area (Å²) >= 11 is 0. The van der Waals surface area contributed by atoms with Crippen molar-refractivity contribution in [3.05, 3.63) is 108 Å². The maximum atomic E-state index is 15.3. The Hall–Kier alpha value is -5.37. The van der Waals surface area contributed by atoms with E-state index in [9.17, 15) is 19.2 Å². The van der Waals surface area contributed by atoms with Crippen LogP contribution >= 0.6 is 0 Å². The van der Waals surface area contributed by atoms with E-state index < -0.39 is 53.8 Å². The van der Waals surface area contributed by atoms with Gasteiger partial charge in [0.1, 0.15) is 18.1 Å². The summed E-state index contributed by atoms with van der Waals surface area (Å²) in [5.74, 6) is -2.21. The van der Waals surface area contributed by atoms with Crippen LogP contribution in [0.3, 0.4) is 0 Å². The van der Waals surface area contributed by atoms with Crippen molar-refractivity contribution in [3.63, 3.8) is 0 Å². The summed E-state index contributed by atoms with van der Waals surface area (Å²) in [5.41, 5.74) is 16.4. The molecular weight excluding hydrogens is 781 g/mol. The van der Waals surface area contributed by atoms with Crippen molar-refractivity contribution in [1.29, 1.82) is 0 Å². The lowest BCUT2D eigenvalue weighted by Gasteiger charge is -2.37. The monoisotopic (exact) mass is 847 g/mol. The van der Waals surface area contributed by atoms with Gasteiger partial charge in [-0.05, 0) is 93.6 Å². The largest absolute Gasteiger partial charge is 0.361 e. The predicted octanol–water partition coefficient (Wildman–Crippen LogP) is 4.53. The number of nitrogens with zero attached hydrogens (tertiary/aromatic N) is 2. The van der Waals surface area contributed by atoms with Gasteiger partial charge >= 0.3 is 0 Å². The zero-order chi connectivity index (χ0) is 43.8. The maximum Gasteiger partial charge on any atom is 0.252 e. The van der Waals surface area contributed by atoms with Crippen molar-refractivity contribution in [2.24, 2.45) is 17.4 Å². The van der Waals surface area contributed by atoms with Crippen LogP contribution in [0.5, 0.6) is 0 Å². The number of unbranched alkanes of at least 4 members (excludes halogenated alkanes) is 1. The normalized spacial score (nSPS) is 17.5. The summed E-state index contributed by atoms with van der Waals surface area (Å²) in [6.07, 6.45) is 10.9. The maximum absolute atomic E-state index is 15.3. The minimum absolute atomic E-state index is 0.0681. The Bertz CT molecular complexity index is 2070. The highest BCUT2D eigenvalue weighted by Gasteiger charge is 2.45. The molecule has 2 fully saturated rings. The van der Waals surface area contributed by atoms with Crippen molar-refractivity contribution in [2.45, 2.75) is 120 Å². The van der Waals surface area contributed by atoms with Crippen molar-refractivity contribution < 1.29 is 24.0 Å². The fourth-order valence-corrected chi connectivity index (χ4v) is 9.24. The number of likely N-dealkylation sites (N-methyl/N-ethyl adjacent to an activating group) is 1. The highest BCUT2D eigenvalue weighted by atomic mass is 16.2. The minimum atomic E-state index is -1.23. The van der Waals surface area contributed by atoms with E-state index in [-0.39, 0.29) is 31.3 Å². The molecule has 0 unspecified atom stereocenters. The molecule has 0 spiro atoms. The zero-order valence-corrected chi connectivity index (χ0v) is 36.2. The number of carbonyl (C=O) groups is 5. The molecule has 13 nitrogen and oxygen atoms in total. The van der Waals surface area contributed by atoms with Crippen LogP contribution in [0, 0.1) is 5.92 Å². The second-order valence-corrected chi connectivity index (χ2v) is 17.1. The quantitative estimate of drug-likeness (QED) is 0.0659. The molecule has 8 N–H and O–H groups in total. The molecule has 332 valence electrons. The predicted molar refractivity (Wildman–Crippen MR) is 243 cm³/mol. The van der Waals surface area contributed by atoms with Gasteiger partial charge < -0.3 is 37.3 Å². The highest BCUT2D eigenvalue weighted by molar-refractivity contribution is 6.05. The van der Waals surface area contributed by atoms with Crippen molar-refractivity contribution in [1.82, 2.24) is 30.7 Å². The number of amides is 5. The second-order valence-electron chi connectivity index (χ2n) is 17.1. The first-order valence-corrected chi connectivity index (χ1v) is 22.7. The van der Waals surface area contributed by atoms with E-state index in [0.717, 1.165) is 64.6 Å². The van der Waals surface area contributed by atoms with Crippen molar-refractivity contribution >= 4 is 40.4 Å². The topological polar surface area (TPSA) is 196 Å². The Morgan fingerprint density at radius 1 is 0.806 bits per heavy atom. The number of nitrogens with two attached hydrogens (primary N) is 2. The molecule has 1 saturated heterocycles. The van der Waals surface area contributed by atoms with Gasteiger partial charge in [0.15, 0.2) is 0 Å². The molecule has 5 atom stereocenters. The number of likely N-dealkylation sites (tertiary alicyclic amines) is 1. The summed E-state index contributed by atoms with van der Waals surface area (Å²) in [6.45, 7) is 0.957. The first-order valence-electron chi connectivity index (χ1n) is 22.7. The van der Waals surface area contributed by atoms with Crippen LogP contribution in [0.25, 0.3) is 10.9 Å². The molecule has 0 bridgehead atoms. The number of benzene rings is 3. The molecule has 1 aromatic heterocycles. The fraction of sp³-hybridized carbons (Fsp3) is 0.490. The number of para-hydroxylation sites is 1. The number of hydrogen-bond donors (Lipinski definition) is 6. The summed E-state index contributed by atoms with van der Waals surface area (Å²) in [7, 11) is 1.71. The van der Waals surface area contributed by atoms with E-state index in [0.29, 0.717) is 57.9 Å². The lowest BCUT2D eigenvalue weighted by molar-refractivity contribution is -0.158. The number of imide groups is 1. The molecule has 13 heteroatoms. The van der Waals surface area contributed by atoms with E-state index in [2.05, 4.69) is 20.9 Å². The lowest BCUT2D eigenvalue weighted by atomic mass is 9.84. The van der Waals surface area contributed by atoms with E-state index in [1.807, 2.05) is 91.1 Å². The lowest BCUT2D eigenvalue weighted by Crippen LogP contribution is -2.62. The van der Waals surface area contributed by atoms with Crippen LogP contribution in [-0.2, 0) is 43.2 Å². The van der Waals surface area contributed by atoms with Crippen molar-refractivity contribution in [2.75, 3.05) is 26.7 Å². The van der Waals surface area contributed by atoms with Gasteiger partial charge in [0, 0.05) is 36.6 Å². The third-order valence-corrected chi connectivity index (χ3v) is 12.7. The number of aromatic nitrogens is 1. The van der Waals surface area contributed by atoms with Gasteiger partial charge in [-0.1, -0.05) is 111 Å². The Kier molecular flexibility index (Phi) is 17.3. The number of carbonyl (C=O) groups excluding carboxylic acids is 5. The molecule has 62 heavy (non-hydrogen) atoms. The summed E-state index contributed by atoms with van der Waals surface area (Å²) in [6, 6.07) is 22.1. The summed E-state index contributed by atoms with van der Waals surface area (Å²) in [5, 5.41) is 10.2. The van der Waals surface area contributed by atoms with E-state index in [1.54, 1.807) is 7.05 Å². The minimum Gasteiger partial charge on any atom is -0.361 e. The number of nitrogens with one attached hydrogen (secondary N) is 4. The molecule has 5 amide bonds. The van der Waals surface area contributed by atoms with Gasteiger partial charge in [-0.2, -0.15) is 0 Å². The molecule has 6 rings (SSSR count). The molecular formula is C49H66N8O5. The molecule has 1 aliphatic heterocycles. The number of hydrogen-bond acceptors (Lipinski definition) is 8. The first-order chi connectivity index (χ1) is 30.2. The second kappa shape index (κ2) is 23.2. The summed E-state index contributed by atoms with van der Waals surface area (Å²) < 4.78 is 0. The van der Waals surface area contributed by atoms with Gasteiger partial charge in [0.25, 0.3) is 5.91 Å². The third-order valence-electron chi connectivity index (χ3n) is 12.7. The average Bonchev–Trinajstić information content (AvgIpc) is 3.96. The number of rotatable bonds is 21. The Balaban J connectivity index is 1.28. The number of fused-ring (bicyclic) bond motifs is 1. The van der Waals surface area contributed by atoms with E-state index in [4.69, 9.17) is 11.5 Å². The SMILES string of the molecule is CN[C@@H](Cc1ccccc1)C(=O)N[C@@H](CCCCN)C(=O)N1CCC[C@H]1C(=O)N(C(=O)[C@H](N)CC1CCCCC1)[C@@H](Cc1ccccc1)C(=O)NCCc1c[nH]c2ccccc12. The molecule has 2 aliphatic rings. The van der Waals surface area contributed by atoms with E-state index >= 15 is 4.79 Å². The van der Waals surface area contributed by atoms with Crippen LogP contribution in [-0.4, -0.2) is 101 Å². The summed E-state index contributed by atoms with van der Waals surface area (Å²) in [4.78, 5) is 79.1. The van der Waals surface area contributed by atoms with Crippen LogP contribution in [0.15, 0.2) is 91.1 Å². The highest BCUT2D eigenvalue weighted by Crippen LogP contribution is 2.29. The standard InChI is InChI=1S/C49H66N8O5/c1-52-42(31-35-18-7-3-8-19-35)45(58)55-41(24-13-14-27-50)48(61)56-29-15-25-43(56)49(62)57(47(60)39(51)30-34-16-5-2-6-17-34)44(32-36-20-9-4-10-21-36)46(59)53-28-26-37-33-54-40-23-12-11-22-38(37)40/h3-4,7-12,18-23,33-34,39,41-44,52,54H,2,5-6,13-17,24-32,50-51H2,1H3,(H,53,59)(H,55,58)/t39-,41+,42+,43+,44+/m1/s1. The number of H-pyrrole nitrogens is 1. The Morgan fingerprint density at radius 2 is 1.48 bits per heavy atom. The average molecular weight is 847 g/mol. The molecule has 2 heterocycles. The van der Waals surface area contributed by atoms with Crippen LogP contribution in [0.4, 0.5) is 0 Å². The van der Waals surface area contributed by atoms with Gasteiger partial charge in [0.05, 0.1) is 12.1 Å². The van der Waals surface area contributed by atoms with Gasteiger partial charge in [0.2, 0.25) is 23.6 Å². The van der Waals surface area contributed by atoms with E-state index in [1.165, 1.54) is 4.90 Å². The van der Waals surface area contributed by atoms with Crippen LogP contribution < -0.4 is 27.4 Å². The van der Waals surface area contributed by atoms with Crippen LogP contribution in [0.1, 0.15) is 87.3 Å². The molecule has 1 aliphatic carbocycles. The zero-order valence-electron chi connectivity index (χ0n) is 36.2. The van der Waals surface area contributed by atoms with Gasteiger partial charge in [-0.15, -0.1) is 0 Å². The van der Waals surface area contributed by atoms with Gasteiger partial charge in [-0.3, -0.25) is 28.9 Å². The first kappa shape index (κ1) is 46.1. The molecule has 3 aromatic carbocycles. The van der Waals surface area contributed by atoms with Crippen LogP contribution in [0.2, 0.25) is 0 Å². The third kappa shape index (κ3) is 12.2. The molecule has 1 saturated carbocycles. The Morgan fingerprint density at radius 3 is 2.18 bits per heavy atom. The number of aromatic amines is 1. The van der Waals surface area contributed by atoms with Crippen molar-refractivity contribution in [3.8, 4) is 0 Å². The Labute approximate surface area is 366 Å².